The maximum absolute atomic E-state index is 11.5. The fourth-order valence-electron chi connectivity index (χ4n) is 2.45. The fourth-order valence-corrected chi connectivity index (χ4v) is 2.45. The SMILES string of the molecule is Cc1cccc2[nH]c(C(=O)O)c(Oc3ccccc3[N+](=O)[O-])c12. The van der Waals surface area contributed by atoms with Crippen LogP contribution in [0.5, 0.6) is 11.5 Å². The Bertz CT molecular complexity index is 929. The quantitative estimate of drug-likeness (QED) is 0.562. The molecule has 7 nitrogen and oxygen atoms in total. The zero-order chi connectivity index (χ0) is 16.6. The number of aromatic carboxylic acids is 1. The van der Waals surface area contributed by atoms with Gasteiger partial charge in [-0.1, -0.05) is 24.3 Å². The van der Waals surface area contributed by atoms with E-state index in [1.807, 2.05) is 13.0 Å². The number of aromatic amines is 1. The van der Waals surface area contributed by atoms with Crippen LogP contribution < -0.4 is 4.74 Å². The van der Waals surface area contributed by atoms with Gasteiger partial charge in [0.25, 0.3) is 0 Å². The molecule has 1 aromatic heterocycles. The zero-order valence-electron chi connectivity index (χ0n) is 12.1. The van der Waals surface area contributed by atoms with Crippen LogP contribution in [0.1, 0.15) is 16.1 Å². The van der Waals surface area contributed by atoms with Gasteiger partial charge in [-0.15, -0.1) is 0 Å². The van der Waals surface area contributed by atoms with Crippen LogP contribution in [0.4, 0.5) is 5.69 Å². The Balaban J connectivity index is 2.22. The molecule has 0 spiro atoms. The van der Waals surface area contributed by atoms with Crippen molar-refractivity contribution in [2.75, 3.05) is 0 Å². The Hall–Kier alpha value is -3.35. The standard InChI is InChI=1S/C16H12N2O5/c1-9-5-4-6-10-13(9)15(14(17-10)16(19)20)23-12-8-3-2-7-11(12)18(21)22/h2-8,17H,1H3,(H,19,20). The van der Waals surface area contributed by atoms with Crippen LogP contribution >= 0.6 is 0 Å². The topological polar surface area (TPSA) is 105 Å². The third-order valence-electron chi connectivity index (χ3n) is 3.47. The molecule has 3 aromatic rings. The van der Waals surface area contributed by atoms with Gasteiger partial charge in [0.2, 0.25) is 5.75 Å². The molecule has 7 heteroatoms. The normalized spacial score (nSPS) is 10.7. The van der Waals surface area contributed by atoms with E-state index in [0.717, 1.165) is 5.56 Å². The highest BCUT2D eigenvalue weighted by Crippen LogP contribution is 2.38. The highest BCUT2D eigenvalue weighted by Gasteiger charge is 2.23. The molecular weight excluding hydrogens is 300 g/mol. The van der Waals surface area contributed by atoms with Gasteiger partial charge in [-0.25, -0.2) is 4.79 Å². The third-order valence-corrected chi connectivity index (χ3v) is 3.47. The summed E-state index contributed by atoms with van der Waals surface area (Å²) >= 11 is 0. The molecule has 116 valence electrons. The Labute approximate surface area is 130 Å². The van der Waals surface area contributed by atoms with Crippen molar-refractivity contribution in [3.8, 4) is 11.5 Å². The second-order valence-electron chi connectivity index (χ2n) is 4.96. The summed E-state index contributed by atoms with van der Waals surface area (Å²) in [7, 11) is 0. The van der Waals surface area contributed by atoms with Gasteiger partial charge >= 0.3 is 11.7 Å². The van der Waals surface area contributed by atoms with Crippen LogP contribution in [0.25, 0.3) is 10.9 Å². The number of nitro groups is 1. The molecule has 2 N–H and O–H groups in total. The number of H-pyrrole nitrogens is 1. The molecule has 0 bridgehead atoms. The van der Waals surface area contributed by atoms with Crippen LogP contribution in [0.2, 0.25) is 0 Å². The number of nitro benzene ring substituents is 1. The summed E-state index contributed by atoms with van der Waals surface area (Å²) < 4.78 is 5.64. The smallest absolute Gasteiger partial charge is 0.356 e. The van der Waals surface area contributed by atoms with Gasteiger partial charge in [0.1, 0.15) is 0 Å². The molecule has 0 unspecified atom stereocenters. The number of carbonyl (C=O) groups is 1. The van der Waals surface area contributed by atoms with E-state index in [2.05, 4.69) is 4.98 Å². The molecule has 0 saturated heterocycles. The summed E-state index contributed by atoms with van der Waals surface area (Å²) in [5.41, 5.74) is 1.02. The van der Waals surface area contributed by atoms with Gasteiger partial charge in [-0.05, 0) is 24.6 Å². The van der Waals surface area contributed by atoms with Crippen LogP contribution in [-0.4, -0.2) is 21.0 Å². The Morgan fingerprint density at radius 2 is 1.96 bits per heavy atom. The number of hydrogen-bond acceptors (Lipinski definition) is 4. The van der Waals surface area contributed by atoms with Gasteiger partial charge in [-0.2, -0.15) is 0 Å². The highest BCUT2D eigenvalue weighted by molar-refractivity contribution is 6.01. The van der Waals surface area contributed by atoms with Crippen molar-refractivity contribution in [2.24, 2.45) is 0 Å². The lowest BCUT2D eigenvalue weighted by Gasteiger charge is -2.07. The number of rotatable bonds is 4. The van der Waals surface area contributed by atoms with Crippen molar-refractivity contribution in [2.45, 2.75) is 6.92 Å². The van der Waals surface area contributed by atoms with E-state index in [1.165, 1.54) is 18.2 Å². The zero-order valence-corrected chi connectivity index (χ0v) is 12.1. The average molecular weight is 312 g/mol. The molecule has 1 heterocycles. The fraction of sp³-hybridized carbons (Fsp3) is 0.0625. The van der Waals surface area contributed by atoms with Crippen LogP contribution in [-0.2, 0) is 0 Å². The predicted octanol–water partition coefficient (Wildman–Crippen LogP) is 3.88. The third kappa shape index (κ3) is 2.48. The first-order valence-electron chi connectivity index (χ1n) is 6.75. The number of nitrogens with one attached hydrogen (secondary N) is 1. The Kier molecular flexibility index (Phi) is 3.46. The predicted molar refractivity (Wildman–Crippen MR) is 83.2 cm³/mol. The van der Waals surface area contributed by atoms with Crippen molar-refractivity contribution in [3.63, 3.8) is 0 Å². The number of aromatic nitrogens is 1. The molecule has 0 fully saturated rings. The molecule has 0 saturated carbocycles. The lowest BCUT2D eigenvalue weighted by molar-refractivity contribution is -0.385. The van der Waals surface area contributed by atoms with Gasteiger partial charge in [0.15, 0.2) is 11.4 Å². The monoisotopic (exact) mass is 312 g/mol. The molecule has 0 amide bonds. The largest absolute Gasteiger partial charge is 0.476 e. The van der Waals surface area contributed by atoms with E-state index in [-0.39, 0.29) is 22.9 Å². The van der Waals surface area contributed by atoms with E-state index in [1.54, 1.807) is 18.2 Å². The van der Waals surface area contributed by atoms with E-state index < -0.39 is 10.9 Å². The minimum atomic E-state index is -1.20. The van der Waals surface area contributed by atoms with Crippen molar-refractivity contribution in [1.29, 1.82) is 0 Å². The van der Waals surface area contributed by atoms with Gasteiger partial charge in [-0.3, -0.25) is 10.1 Å². The van der Waals surface area contributed by atoms with Crippen LogP contribution in [0, 0.1) is 17.0 Å². The minimum Gasteiger partial charge on any atom is -0.476 e. The average Bonchev–Trinajstić information content (AvgIpc) is 2.88. The Morgan fingerprint density at radius 3 is 2.65 bits per heavy atom. The molecule has 0 aliphatic carbocycles. The van der Waals surface area contributed by atoms with Crippen molar-refractivity contribution >= 4 is 22.6 Å². The molecule has 23 heavy (non-hydrogen) atoms. The number of ether oxygens (including phenoxy) is 1. The summed E-state index contributed by atoms with van der Waals surface area (Å²) in [5, 5.41) is 21.1. The number of aryl methyl sites for hydroxylation is 1. The number of nitrogens with zero attached hydrogens (tertiary/aromatic N) is 1. The lowest BCUT2D eigenvalue weighted by Crippen LogP contribution is -2.00. The van der Waals surface area contributed by atoms with E-state index in [9.17, 15) is 20.0 Å². The van der Waals surface area contributed by atoms with Gasteiger partial charge < -0.3 is 14.8 Å². The first-order valence-corrected chi connectivity index (χ1v) is 6.75. The summed E-state index contributed by atoms with van der Waals surface area (Å²) in [6.07, 6.45) is 0. The van der Waals surface area contributed by atoms with Crippen molar-refractivity contribution < 1.29 is 19.6 Å². The first kappa shape index (κ1) is 14.6. The lowest BCUT2D eigenvalue weighted by atomic mass is 10.1. The molecule has 0 atom stereocenters. The summed E-state index contributed by atoms with van der Waals surface area (Å²) in [5.74, 6) is -1.14. The molecular formula is C16H12N2O5. The molecule has 0 radical (unpaired) electrons. The number of hydrogen-bond donors (Lipinski definition) is 2. The number of carboxylic acids is 1. The maximum Gasteiger partial charge on any atom is 0.356 e. The highest BCUT2D eigenvalue weighted by atomic mass is 16.6. The molecule has 0 aliphatic heterocycles. The van der Waals surface area contributed by atoms with E-state index >= 15 is 0 Å². The Morgan fingerprint density at radius 1 is 1.22 bits per heavy atom. The minimum absolute atomic E-state index is 0.0100. The summed E-state index contributed by atoms with van der Waals surface area (Å²) in [6.45, 7) is 1.81. The van der Waals surface area contributed by atoms with Crippen molar-refractivity contribution in [3.05, 3.63) is 63.8 Å². The van der Waals surface area contributed by atoms with Crippen LogP contribution in [0.3, 0.4) is 0 Å². The van der Waals surface area contributed by atoms with Crippen molar-refractivity contribution in [1.82, 2.24) is 4.98 Å². The van der Waals surface area contributed by atoms with Crippen LogP contribution in [0.15, 0.2) is 42.5 Å². The number of para-hydroxylation sites is 2. The van der Waals surface area contributed by atoms with Gasteiger partial charge in [0, 0.05) is 11.5 Å². The van der Waals surface area contributed by atoms with E-state index in [0.29, 0.717) is 10.9 Å². The second-order valence-corrected chi connectivity index (χ2v) is 4.96. The molecule has 2 aromatic carbocycles. The summed E-state index contributed by atoms with van der Waals surface area (Å²) in [4.78, 5) is 24.8. The molecule has 0 aliphatic rings. The number of carboxylic acid groups (broad SMARTS) is 1. The second kappa shape index (κ2) is 5.45. The maximum atomic E-state index is 11.5. The number of benzene rings is 2. The van der Waals surface area contributed by atoms with E-state index in [4.69, 9.17) is 4.74 Å². The molecule has 3 rings (SSSR count). The van der Waals surface area contributed by atoms with Gasteiger partial charge in [0.05, 0.1) is 10.4 Å². The first-order chi connectivity index (χ1) is 11.0. The number of fused-ring (bicyclic) bond motifs is 1. The summed E-state index contributed by atoms with van der Waals surface area (Å²) in [6, 6.07) is 11.2.